The van der Waals surface area contributed by atoms with E-state index in [-0.39, 0.29) is 12.6 Å². The SMILES string of the molecule is CC(CN(C)C(=O)Nc1cccc(N(C)C(C)C)c1)C(=O)O. The number of carbonyl (C=O) groups excluding carboxylic acids is 1. The van der Waals surface area contributed by atoms with Crippen molar-refractivity contribution >= 4 is 23.4 Å². The quantitative estimate of drug-likeness (QED) is 0.847. The second kappa shape index (κ2) is 7.68. The molecule has 0 heterocycles. The molecule has 0 aromatic heterocycles. The maximum atomic E-state index is 12.1. The van der Waals surface area contributed by atoms with Gasteiger partial charge in [-0.3, -0.25) is 4.79 Å². The molecular weight excluding hydrogens is 282 g/mol. The van der Waals surface area contributed by atoms with Crippen LogP contribution in [0.25, 0.3) is 0 Å². The number of benzene rings is 1. The Bertz CT molecular complexity index is 531. The van der Waals surface area contributed by atoms with Gasteiger partial charge in [0.15, 0.2) is 0 Å². The van der Waals surface area contributed by atoms with Crippen molar-refractivity contribution in [3.8, 4) is 0 Å². The molecule has 1 unspecified atom stereocenters. The summed E-state index contributed by atoms with van der Waals surface area (Å²) in [7, 11) is 3.57. The van der Waals surface area contributed by atoms with Gasteiger partial charge < -0.3 is 20.2 Å². The summed E-state index contributed by atoms with van der Waals surface area (Å²) in [6.07, 6.45) is 0. The highest BCUT2D eigenvalue weighted by Crippen LogP contribution is 2.20. The maximum Gasteiger partial charge on any atom is 0.321 e. The van der Waals surface area contributed by atoms with Crippen LogP contribution < -0.4 is 10.2 Å². The normalized spacial score (nSPS) is 11.9. The molecule has 22 heavy (non-hydrogen) atoms. The topological polar surface area (TPSA) is 72.9 Å². The number of carboxylic acids is 1. The Hall–Kier alpha value is -2.24. The smallest absolute Gasteiger partial charge is 0.321 e. The summed E-state index contributed by atoms with van der Waals surface area (Å²) in [6, 6.07) is 7.59. The minimum atomic E-state index is -0.916. The number of hydrogen-bond acceptors (Lipinski definition) is 3. The van der Waals surface area contributed by atoms with Crippen LogP contribution in [0, 0.1) is 5.92 Å². The molecule has 0 aliphatic carbocycles. The van der Waals surface area contributed by atoms with Gasteiger partial charge in [0.2, 0.25) is 0 Å². The number of hydrogen-bond donors (Lipinski definition) is 2. The highest BCUT2D eigenvalue weighted by Gasteiger charge is 2.17. The summed E-state index contributed by atoms with van der Waals surface area (Å²) in [4.78, 5) is 26.4. The van der Waals surface area contributed by atoms with Crippen LogP contribution in [0.1, 0.15) is 20.8 Å². The number of carboxylic acid groups (broad SMARTS) is 1. The number of rotatable bonds is 6. The zero-order chi connectivity index (χ0) is 16.9. The minimum absolute atomic E-state index is 0.159. The van der Waals surface area contributed by atoms with Gasteiger partial charge in [0, 0.05) is 38.1 Å². The second-order valence-corrected chi connectivity index (χ2v) is 5.80. The van der Waals surface area contributed by atoms with Crippen LogP contribution in [-0.2, 0) is 4.79 Å². The molecule has 0 aliphatic heterocycles. The Kier molecular flexibility index (Phi) is 6.22. The molecule has 6 heteroatoms. The standard InChI is InChI=1S/C16H25N3O3/c1-11(2)19(5)14-8-6-7-13(9-14)17-16(22)18(4)10-12(3)15(20)21/h6-9,11-12H,10H2,1-5H3,(H,17,22)(H,20,21). The number of nitrogens with one attached hydrogen (secondary N) is 1. The summed E-state index contributed by atoms with van der Waals surface area (Å²) in [5, 5.41) is 11.7. The zero-order valence-corrected chi connectivity index (χ0v) is 13.8. The fraction of sp³-hybridized carbons (Fsp3) is 0.500. The Balaban J connectivity index is 2.72. The van der Waals surface area contributed by atoms with Crippen molar-refractivity contribution in [1.82, 2.24) is 4.90 Å². The van der Waals surface area contributed by atoms with Crippen molar-refractivity contribution in [3.05, 3.63) is 24.3 Å². The van der Waals surface area contributed by atoms with E-state index in [0.717, 1.165) is 5.69 Å². The first-order valence-electron chi connectivity index (χ1n) is 7.30. The van der Waals surface area contributed by atoms with Crippen molar-refractivity contribution < 1.29 is 14.7 Å². The molecule has 0 bridgehead atoms. The molecule has 6 nitrogen and oxygen atoms in total. The fourth-order valence-electron chi connectivity index (χ4n) is 1.89. The molecule has 1 rings (SSSR count). The van der Waals surface area contributed by atoms with Crippen LogP contribution in [0.5, 0.6) is 0 Å². The van der Waals surface area contributed by atoms with Gasteiger partial charge in [-0.25, -0.2) is 4.79 Å². The Morgan fingerprint density at radius 3 is 2.41 bits per heavy atom. The van der Waals surface area contributed by atoms with Crippen LogP contribution >= 0.6 is 0 Å². The molecule has 0 radical (unpaired) electrons. The molecule has 122 valence electrons. The summed E-state index contributed by atoms with van der Waals surface area (Å²) in [6.45, 7) is 5.91. The number of anilines is 2. The third-order valence-electron chi connectivity index (χ3n) is 3.60. The van der Waals surface area contributed by atoms with Crippen LogP contribution in [0.4, 0.5) is 16.2 Å². The lowest BCUT2D eigenvalue weighted by atomic mass is 10.2. The van der Waals surface area contributed by atoms with E-state index in [1.807, 2.05) is 31.3 Å². The Morgan fingerprint density at radius 1 is 1.23 bits per heavy atom. The van der Waals surface area contributed by atoms with Gasteiger partial charge in [0.1, 0.15) is 0 Å². The molecule has 2 amide bonds. The van der Waals surface area contributed by atoms with Crippen molar-refractivity contribution in [2.24, 2.45) is 5.92 Å². The van der Waals surface area contributed by atoms with Gasteiger partial charge in [0.05, 0.1) is 5.92 Å². The highest BCUT2D eigenvalue weighted by atomic mass is 16.4. The molecule has 1 atom stereocenters. The Morgan fingerprint density at radius 2 is 1.86 bits per heavy atom. The highest BCUT2D eigenvalue weighted by molar-refractivity contribution is 5.90. The van der Waals surface area contributed by atoms with Gasteiger partial charge in [-0.2, -0.15) is 0 Å². The third kappa shape index (κ3) is 4.95. The molecule has 1 aromatic rings. The van der Waals surface area contributed by atoms with Crippen LogP contribution in [0.2, 0.25) is 0 Å². The van der Waals surface area contributed by atoms with Crippen LogP contribution in [-0.4, -0.2) is 48.7 Å². The molecule has 2 N–H and O–H groups in total. The zero-order valence-electron chi connectivity index (χ0n) is 13.8. The van der Waals surface area contributed by atoms with Gasteiger partial charge in [-0.15, -0.1) is 0 Å². The summed E-state index contributed by atoms with van der Waals surface area (Å²) >= 11 is 0. The van der Waals surface area contributed by atoms with E-state index >= 15 is 0 Å². The first-order valence-corrected chi connectivity index (χ1v) is 7.30. The van der Waals surface area contributed by atoms with Gasteiger partial charge in [-0.05, 0) is 32.0 Å². The van der Waals surface area contributed by atoms with Gasteiger partial charge >= 0.3 is 12.0 Å². The maximum absolute atomic E-state index is 12.1. The third-order valence-corrected chi connectivity index (χ3v) is 3.60. The average molecular weight is 307 g/mol. The minimum Gasteiger partial charge on any atom is -0.481 e. The van der Waals surface area contributed by atoms with E-state index in [4.69, 9.17) is 5.11 Å². The predicted molar refractivity (Wildman–Crippen MR) is 88.4 cm³/mol. The van der Waals surface area contributed by atoms with Crippen molar-refractivity contribution in [3.63, 3.8) is 0 Å². The summed E-state index contributed by atoms with van der Waals surface area (Å²) in [5.74, 6) is -1.52. The number of aliphatic carboxylic acids is 1. The lowest BCUT2D eigenvalue weighted by molar-refractivity contribution is -0.141. The van der Waals surface area contributed by atoms with E-state index in [1.54, 1.807) is 14.0 Å². The van der Waals surface area contributed by atoms with E-state index in [2.05, 4.69) is 24.1 Å². The van der Waals surface area contributed by atoms with Gasteiger partial charge in [-0.1, -0.05) is 13.0 Å². The first-order chi connectivity index (χ1) is 10.2. The fourth-order valence-corrected chi connectivity index (χ4v) is 1.89. The van der Waals surface area contributed by atoms with Crippen molar-refractivity contribution in [2.75, 3.05) is 30.9 Å². The lowest BCUT2D eigenvalue weighted by Crippen LogP contribution is -2.36. The van der Waals surface area contributed by atoms with Crippen molar-refractivity contribution in [2.45, 2.75) is 26.8 Å². The molecule has 0 saturated heterocycles. The monoisotopic (exact) mass is 307 g/mol. The molecule has 1 aromatic carbocycles. The first kappa shape index (κ1) is 17.8. The summed E-state index contributed by atoms with van der Waals surface area (Å²) < 4.78 is 0. The molecule has 0 aliphatic rings. The molecule has 0 spiro atoms. The van der Waals surface area contributed by atoms with Crippen LogP contribution in [0.3, 0.4) is 0 Å². The van der Waals surface area contributed by atoms with E-state index in [0.29, 0.717) is 11.7 Å². The molecular formula is C16H25N3O3. The lowest BCUT2D eigenvalue weighted by Gasteiger charge is -2.25. The Labute approximate surface area is 131 Å². The number of amides is 2. The largest absolute Gasteiger partial charge is 0.481 e. The average Bonchev–Trinajstić information content (AvgIpc) is 2.46. The second-order valence-electron chi connectivity index (χ2n) is 5.80. The molecule has 0 fully saturated rings. The number of carbonyl (C=O) groups is 2. The van der Waals surface area contributed by atoms with E-state index in [1.165, 1.54) is 4.90 Å². The van der Waals surface area contributed by atoms with Gasteiger partial charge in [0.25, 0.3) is 0 Å². The molecule has 0 saturated carbocycles. The van der Waals surface area contributed by atoms with Crippen LogP contribution in [0.15, 0.2) is 24.3 Å². The van der Waals surface area contributed by atoms with E-state index < -0.39 is 11.9 Å². The number of urea groups is 1. The number of nitrogens with zero attached hydrogens (tertiary/aromatic N) is 2. The summed E-state index contributed by atoms with van der Waals surface area (Å²) in [5.41, 5.74) is 1.69. The predicted octanol–water partition coefficient (Wildman–Crippen LogP) is 2.72. The van der Waals surface area contributed by atoms with E-state index in [9.17, 15) is 9.59 Å². The van der Waals surface area contributed by atoms with Crippen molar-refractivity contribution in [1.29, 1.82) is 0 Å².